The summed E-state index contributed by atoms with van der Waals surface area (Å²) in [5.74, 6) is 0.358. The van der Waals surface area contributed by atoms with Gasteiger partial charge in [0, 0.05) is 4.70 Å². The second-order valence-electron chi connectivity index (χ2n) is 6.33. The average Bonchev–Trinajstić information content (AvgIpc) is 3.02. The van der Waals surface area contributed by atoms with E-state index in [2.05, 4.69) is 0 Å². The van der Waals surface area contributed by atoms with Crippen molar-refractivity contribution in [2.24, 2.45) is 0 Å². The van der Waals surface area contributed by atoms with Crippen molar-refractivity contribution in [2.75, 3.05) is 6.61 Å². The Morgan fingerprint density at radius 1 is 1.11 bits per heavy atom. The van der Waals surface area contributed by atoms with Gasteiger partial charge in [-0.05, 0) is 71.6 Å². The number of halogens is 3. The SMILES string of the molecule is CCOC(=O)Cc1csc2cc(OCc3ccc(C(F)(F)F)cc3C)ccc12. The van der Waals surface area contributed by atoms with E-state index in [0.29, 0.717) is 23.5 Å². The zero-order valence-electron chi connectivity index (χ0n) is 15.4. The van der Waals surface area contributed by atoms with Crippen LogP contribution in [0.25, 0.3) is 10.1 Å². The van der Waals surface area contributed by atoms with Crippen LogP contribution in [-0.2, 0) is 28.7 Å². The van der Waals surface area contributed by atoms with Gasteiger partial charge in [0.05, 0.1) is 18.6 Å². The minimum Gasteiger partial charge on any atom is -0.489 e. The van der Waals surface area contributed by atoms with Crippen molar-refractivity contribution >= 4 is 27.4 Å². The number of aryl methyl sites for hydroxylation is 1. The van der Waals surface area contributed by atoms with Crippen molar-refractivity contribution < 1.29 is 27.4 Å². The van der Waals surface area contributed by atoms with E-state index in [1.165, 1.54) is 17.4 Å². The van der Waals surface area contributed by atoms with Crippen molar-refractivity contribution in [1.29, 1.82) is 0 Å². The smallest absolute Gasteiger partial charge is 0.416 e. The Labute approximate surface area is 164 Å². The lowest BCUT2D eigenvalue weighted by molar-refractivity contribution is -0.142. The first-order valence-electron chi connectivity index (χ1n) is 8.73. The molecule has 28 heavy (non-hydrogen) atoms. The molecule has 148 valence electrons. The Morgan fingerprint density at radius 2 is 1.89 bits per heavy atom. The van der Waals surface area contributed by atoms with Gasteiger partial charge in [0.1, 0.15) is 12.4 Å². The Kier molecular flexibility index (Phi) is 5.93. The molecule has 1 aromatic heterocycles. The van der Waals surface area contributed by atoms with E-state index < -0.39 is 11.7 Å². The second kappa shape index (κ2) is 8.22. The third kappa shape index (κ3) is 4.65. The molecule has 0 radical (unpaired) electrons. The molecule has 0 N–H and O–H groups in total. The molecule has 0 aliphatic carbocycles. The molecule has 2 aromatic carbocycles. The fraction of sp³-hybridized carbons (Fsp3) is 0.286. The number of alkyl halides is 3. The Bertz CT molecular complexity index is 992. The fourth-order valence-corrected chi connectivity index (χ4v) is 3.84. The summed E-state index contributed by atoms with van der Waals surface area (Å²) < 4.78 is 50.0. The molecule has 0 saturated heterocycles. The number of fused-ring (bicyclic) bond motifs is 1. The van der Waals surface area contributed by atoms with Crippen LogP contribution in [0.15, 0.2) is 41.8 Å². The zero-order valence-corrected chi connectivity index (χ0v) is 16.2. The van der Waals surface area contributed by atoms with Gasteiger partial charge in [-0.25, -0.2) is 0 Å². The Morgan fingerprint density at radius 3 is 2.57 bits per heavy atom. The molecule has 3 nitrogen and oxygen atoms in total. The topological polar surface area (TPSA) is 35.5 Å². The molecule has 7 heteroatoms. The van der Waals surface area contributed by atoms with Gasteiger partial charge >= 0.3 is 12.1 Å². The summed E-state index contributed by atoms with van der Waals surface area (Å²) in [6.07, 6.45) is -4.13. The highest BCUT2D eigenvalue weighted by Gasteiger charge is 2.30. The average molecular weight is 408 g/mol. The maximum absolute atomic E-state index is 12.8. The largest absolute Gasteiger partial charge is 0.489 e. The van der Waals surface area contributed by atoms with Crippen LogP contribution in [0, 0.1) is 6.92 Å². The van der Waals surface area contributed by atoms with Crippen LogP contribution in [0.4, 0.5) is 13.2 Å². The third-order valence-electron chi connectivity index (χ3n) is 4.33. The number of carbonyl (C=O) groups is 1. The van der Waals surface area contributed by atoms with Crippen LogP contribution in [0.2, 0.25) is 0 Å². The van der Waals surface area contributed by atoms with Gasteiger partial charge in [-0.2, -0.15) is 13.2 Å². The molecule has 0 spiro atoms. The van der Waals surface area contributed by atoms with Crippen LogP contribution in [-0.4, -0.2) is 12.6 Å². The van der Waals surface area contributed by atoms with E-state index in [9.17, 15) is 18.0 Å². The lowest BCUT2D eigenvalue weighted by Crippen LogP contribution is -2.07. The normalized spacial score (nSPS) is 11.6. The number of hydrogen-bond donors (Lipinski definition) is 0. The summed E-state index contributed by atoms with van der Waals surface area (Å²) in [5, 5.41) is 2.89. The van der Waals surface area contributed by atoms with Crippen LogP contribution < -0.4 is 4.74 Å². The molecule has 0 amide bonds. The minimum absolute atomic E-state index is 0.177. The highest BCUT2D eigenvalue weighted by Crippen LogP contribution is 2.32. The monoisotopic (exact) mass is 408 g/mol. The number of carbonyl (C=O) groups excluding carboxylic acids is 1. The van der Waals surface area contributed by atoms with E-state index in [-0.39, 0.29) is 19.0 Å². The van der Waals surface area contributed by atoms with Crippen molar-refractivity contribution in [1.82, 2.24) is 0 Å². The zero-order chi connectivity index (χ0) is 20.3. The summed E-state index contributed by atoms with van der Waals surface area (Å²) in [7, 11) is 0. The van der Waals surface area contributed by atoms with Crippen LogP contribution >= 0.6 is 11.3 Å². The van der Waals surface area contributed by atoms with E-state index in [0.717, 1.165) is 27.8 Å². The molecule has 3 aromatic rings. The highest BCUT2D eigenvalue weighted by atomic mass is 32.1. The van der Waals surface area contributed by atoms with Crippen LogP contribution in [0.1, 0.15) is 29.2 Å². The fourth-order valence-electron chi connectivity index (χ4n) is 2.85. The first-order valence-corrected chi connectivity index (χ1v) is 9.61. The predicted octanol–water partition coefficient (Wildman–Crippen LogP) is 5.91. The molecule has 0 atom stereocenters. The van der Waals surface area contributed by atoms with Crippen molar-refractivity contribution in [3.8, 4) is 5.75 Å². The molecule has 3 rings (SSSR count). The van der Waals surface area contributed by atoms with Gasteiger partial charge in [0.15, 0.2) is 0 Å². The summed E-state index contributed by atoms with van der Waals surface area (Å²) >= 11 is 1.50. The molecule has 0 fully saturated rings. The molecule has 0 aliphatic rings. The third-order valence-corrected chi connectivity index (χ3v) is 5.33. The number of hydrogen-bond acceptors (Lipinski definition) is 4. The number of ether oxygens (including phenoxy) is 2. The molecule has 0 unspecified atom stereocenters. The van der Waals surface area contributed by atoms with E-state index in [1.807, 2.05) is 17.5 Å². The van der Waals surface area contributed by atoms with Gasteiger partial charge in [-0.1, -0.05) is 6.07 Å². The minimum atomic E-state index is -4.35. The lowest BCUT2D eigenvalue weighted by Gasteiger charge is -2.12. The van der Waals surface area contributed by atoms with Gasteiger partial charge < -0.3 is 9.47 Å². The quantitative estimate of drug-likeness (QED) is 0.476. The summed E-state index contributed by atoms with van der Waals surface area (Å²) in [6, 6.07) is 9.18. The summed E-state index contributed by atoms with van der Waals surface area (Å²) in [4.78, 5) is 11.7. The van der Waals surface area contributed by atoms with Crippen LogP contribution in [0.3, 0.4) is 0 Å². The second-order valence-corrected chi connectivity index (χ2v) is 7.24. The maximum Gasteiger partial charge on any atom is 0.416 e. The summed E-state index contributed by atoms with van der Waals surface area (Å²) in [6.45, 7) is 3.93. The van der Waals surface area contributed by atoms with Crippen LogP contribution in [0.5, 0.6) is 5.75 Å². The van der Waals surface area contributed by atoms with Gasteiger partial charge in [0.25, 0.3) is 0 Å². The standard InChI is InChI=1S/C21H19F3O3S/c1-3-26-20(25)9-15-12-28-19-10-17(6-7-18(15)19)27-11-14-4-5-16(8-13(14)2)21(22,23)24/h4-8,10,12H,3,9,11H2,1-2H3. The first kappa shape index (κ1) is 20.2. The number of thiophene rings is 1. The highest BCUT2D eigenvalue weighted by molar-refractivity contribution is 7.17. The molecule has 1 heterocycles. The Hall–Kier alpha value is -2.54. The van der Waals surface area contributed by atoms with Gasteiger partial charge in [-0.15, -0.1) is 11.3 Å². The molecular weight excluding hydrogens is 389 g/mol. The predicted molar refractivity (Wildman–Crippen MR) is 103 cm³/mol. The molecule has 0 bridgehead atoms. The van der Waals surface area contributed by atoms with Gasteiger partial charge in [0.2, 0.25) is 0 Å². The van der Waals surface area contributed by atoms with E-state index in [4.69, 9.17) is 9.47 Å². The number of rotatable bonds is 6. The van der Waals surface area contributed by atoms with E-state index in [1.54, 1.807) is 19.9 Å². The maximum atomic E-state index is 12.8. The Balaban J connectivity index is 1.71. The molecule has 0 saturated carbocycles. The molecule has 0 aliphatic heterocycles. The van der Waals surface area contributed by atoms with E-state index >= 15 is 0 Å². The van der Waals surface area contributed by atoms with Crippen molar-refractivity contribution in [2.45, 2.75) is 33.1 Å². The molecular formula is C21H19F3O3S. The summed E-state index contributed by atoms with van der Waals surface area (Å²) in [5.41, 5.74) is 1.47. The number of esters is 1. The van der Waals surface area contributed by atoms with Crippen molar-refractivity contribution in [3.05, 3.63) is 64.0 Å². The van der Waals surface area contributed by atoms with Crippen molar-refractivity contribution in [3.63, 3.8) is 0 Å². The van der Waals surface area contributed by atoms with Gasteiger partial charge in [-0.3, -0.25) is 4.79 Å². The number of benzene rings is 2. The first-order chi connectivity index (χ1) is 13.3. The lowest BCUT2D eigenvalue weighted by atomic mass is 10.1.